The van der Waals surface area contributed by atoms with Crippen LogP contribution in [0, 0.1) is 5.82 Å². The van der Waals surface area contributed by atoms with E-state index < -0.39 is 0 Å². The summed E-state index contributed by atoms with van der Waals surface area (Å²) >= 11 is 6.15. The summed E-state index contributed by atoms with van der Waals surface area (Å²) in [4.78, 5) is 6.43. The van der Waals surface area contributed by atoms with E-state index in [1.54, 1.807) is 18.3 Å². The van der Waals surface area contributed by atoms with Crippen molar-refractivity contribution in [3.63, 3.8) is 0 Å². The molecule has 0 bridgehead atoms. The number of nitrogens with zero attached hydrogens (tertiary/aromatic N) is 2. The number of rotatable bonds is 3. The van der Waals surface area contributed by atoms with Crippen molar-refractivity contribution in [1.29, 1.82) is 0 Å². The first-order chi connectivity index (χ1) is 10.3. The van der Waals surface area contributed by atoms with E-state index in [4.69, 9.17) is 11.6 Å². The predicted molar refractivity (Wildman–Crippen MR) is 81.7 cm³/mol. The molecule has 1 fully saturated rings. The van der Waals surface area contributed by atoms with Crippen LogP contribution in [0.25, 0.3) is 0 Å². The van der Waals surface area contributed by atoms with E-state index in [0.717, 1.165) is 25.2 Å². The van der Waals surface area contributed by atoms with Crippen LogP contribution in [0.3, 0.4) is 0 Å². The highest BCUT2D eigenvalue weighted by molar-refractivity contribution is 6.31. The summed E-state index contributed by atoms with van der Waals surface area (Å²) in [6.07, 6.45) is 3.63. The van der Waals surface area contributed by atoms with Crippen LogP contribution in [0.15, 0.2) is 42.7 Å². The molecule has 21 heavy (non-hydrogen) atoms. The minimum absolute atomic E-state index is 0.183. The lowest BCUT2D eigenvalue weighted by molar-refractivity contribution is 0.151. The molecule has 2 aromatic rings. The Labute approximate surface area is 128 Å². The quantitative estimate of drug-likeness (QED) is 0.945. The molecule has 1 aliphatic rings. The third-order valence-electron chi connectivity index (χ3n) is 3.85. The van der Waals surface area contributed by atoms with Crippen LogP contribution in [-0.4, -0.2) is 29.5 Å². The van der Waals surface area contributed by atoms with Crippen LogP contribution >= 0.6 is 11.6 Å². The van der Waals surface area contributed by atoms with Crippen molar-refractivity contribution in [3.8, 4) is 0 Å². The maximum Gasteiger partial charge on any atom is 0.129 e. The molecule has 3 nitrogen and oxygen atoms in total. The Balaban J connectivity index is 1.85. The third kappa shape index (κ3) is 3.23. The molecule has 1 aromatic carbocycles. The molecule has 1 atom stereocenters. The molecule has 3 rings (SSSR count). The largest absolute Gasteiger partial charge is 0.314 e. The number of piperazine rings is 1. The number of hydrogen-bond acceptors (Lipinski definition) is 3. The molecular weight excluding hydrogens is 289 g/mol. The van der Waals surface area contributed by atoms with Gasteiger partial charge in [-0.15, -0.1) is 0 Å². The number of hydrogen-bond donors (Lipinski definition) is 1. The van der Waals surface area contributed by atoms with Crippen LogP contribution in [-0.2, 0) is 6.54 Å². The average molecular weight is 306 g/mol. The molecule has 110 valence electrons. The minimum Gasteiger partial charge on any atom is -0.314 e. The molecule has 1 aliphatic heterocycles. The van der Waals surface area contributed by atoms with Crippen LogP contribution in [0.4, 0.5) is 4.39 Å². The molecule has 0 radical (unpaired) electrons. The lowest BCUT2D eigenvalue weighted by atomic mass is 10.0. The zero-order valence-corrected chi connectivity index (χ0v) is 12.4. The monoisotopic (exact) mass is 305 g/mol. The first-order valence-corrected chi connectivity index (χ1v) is 7.41. The topological polar surface area (TPSA) is 28.2 Å². The van der Waals surface area contributed by atoms with E-state index in [2.05, 4.69) is 21.3 Å². The van der Waals surface area contributed by atoms with Gasteiger partial charge in [-0.2, -0.15) is 0 Å². The van der Waals surface area contributed by atoms with E-state index in [1.807, 2.05) is 12.3 Å². The number of halogens is 2. The Bertz CT molecular complexity index is 585. The van der Waals surface area contributed by atoms with Crippen LogP contribution in [0.2, 0.25) is 5.02 Å². The Morgan fingerprint density at radius 2 is 2.24 bits per heavy atom. The van der Waals surface area contributed by atoms with E-state index >= 15 is 0 Å². The Kier molecular flexibility index (Phi) is 4.48. The Morgan fingerprint density at radius 1 is 1.33 bits per heavy atom. The van der Waals surface area contributed by atoms with Crippen molar-refractivity contribution in [1.82, 2.24) is 15.2 Å². The molecular formula is C16H17ClFN3. The van der Waals surface area contributed by atoms with E-state index in [1.165, 1.54) is 6.07 Å². The molecule has 2 heterocycles. The fourth-order valence-electron chi connectivity index (χ4n) is 2.72. The van der Waals surface area contributed by atoms with Crippen molar-refractivity contribution in [3.05, 3.63) is 64.7 Å². The summed E-state index contributed by atoms with van der Waals surface area (Å²) < 4.78 is 14.0. The number of pyridine rings is 1. The summed E-state index contributed by atoms with van der Waals surface area (Å²) in [6, 6.07) is 9.00. The van der Waals surface area contributed by atoms with Crippen LogP contribution in [0.1, 0.15) is 17.2 Å². The zero-order valence-electron chi connectivity index (χ0n) is 11.6. The van der Waals surface area contributed by atoms with Crippen molar-refractivity contribution in [2.75, 3.05) is 19.6 Å². The van der Waals surface area contributed by atoms with Crippen molar-refractivity contribution >= 4 is 11.6 Å². The SMILES string of the molecule is Fc1cccc(Cl)c1CN1CCNCC1c1cccnc1. The second-order valence-electron chi connectivity index (χ2n) is 5.18. The Morgan fingerprint density at radius 3 is 3.00 bits per heavy atom. The standard InChI is InChI=1S/C16H17ClFN3/c17-14-4-1-5-15(18)13(14)11-21-8-7-20-10-16(21)12-3-2-6-19-9-12/h1-6,9,16,20H,7-8,10-11H2. The lowest BCUT2D eigenvalue weighted by Crippen LogP contribution is -2.45. The molecule has 1 N–H and O–H groups in total. The smallest absolute Gasteiger partial charge is 0.129 e. The molecule has 1 unspecified atom stereocenters. The summed E-state index contributed by atoms with van der Waals surface area (Å²) in [5, 5.41) is 3.87. The van der Waals surface area contributed by atoms with Crippen LogP contribution < -0.4 is 5.32 Å². The van der Waals surface area contributed by atoms with Gasteiger partial charge in [0.25, 0.3) is 0 Å². The zero-order chi connectivity index (χ0) is 14.7. The van der Waals surface area contributed by atoms with Gasteiger partial charge in [-0.3, -0.25) is 9.88 Å². The first-order valence-electron chi connectivity index (χ1n) is 7.03. The number of benzene rings is 1. The molecule has 0 spiro atoms. The van der Waals surface area contributed by atoms with Gasteiger partial charge in [0.15, 0.2) is 0 Å². The van der Waals surface area contributed by atoms with Crippen molar-refractivity contribution in [2.24, 2.45) is 0 Å². The summed E-state index contributed by atoms with van der Waals surface area (Å²) in [7, 11) is 0. The lowest BCUT2D eigenvalue weighted by Gasteiger charge is -2.36. The average Bonchev–Trinajstić information content (AvgIpc) is 2.52. The van der Waals surface area contributed by atoms with Gasteiger partial charge in [0.05, 0.1) is 0 Å². The maximum atomic E-state index is 14.0. The third-order valence-corrected chi connectivity index (χ3v) is 4.20. The van der Waals surface area contributed by atoms with Gasteiger partial charge >= 0.3 is 0 Å². The second-order valence-corrected chi connectivity index (χ2v) is 5.58. The predicted octanol–water partition coefficient (Wildman–Crippen LogP) is 3.02. The molecule has 1 saturated heterocycles. The van der Waals surface area contributed by atoms with E-state index in [-0.39, 0.29) is 11.9 Å². The molecule has 0 saturated carbocycles. The molecule has 5 heteroatoms. The molecule has 1 aromatic heterocycles. The van der Waals surface area contributed by atoms with Gasteiger partial charge in [-0.1, -0.05) is 23.7 Å². The molecule has 0 amide bonds. The van der Waals surface area contributed by atoms with Crippen molar-refractivity contribution in [2.45, 2.75) is 12.6 Å². The van der Waals surface area contributed by atoms with Gasteiger partial charge in [0, 0.05) is 55.2 Å². The first kappa shape index (κ1) is 14.4. The maximum absolute atomic E-state index is 14.0. The highest BCUT2D eigenvalue weighted by Crippen LogP contribution is 2.27. The summed E-state index contributed by atoms with van der Waals surface area (Å²) in [5.41, 5.74) is 1.70. The highest BCUT2D eigenvalue weighted by atomic mass is 35.5. The highest BCUT2D eigenvalue weighted by Gasteiger charge is 2.25. The van der Waals surface area contributed by atoms with Gasteiger partial charge < -0.3 is 5.32 Å². The fraction of sp³-hybridized carbons (Fsp3) is 0.312. The Hall–Kier alpha value is -1.49. The number of aromatic nitrogens is 1. The normalized spacial score (nSPS) is 19.6. The fourth-order valence-corrected chi connectivity index (χ4v) is 2.95. The summed E-state index contributed by atoms with van der Waals surface area (Å²) in [5.74, 6) is -0.244. The summed E-state index contributed by atoms with van der Waals surface area (Å²) in [6.45, 7) is 3.08. The minimum atomic E-state index is -0.244. The van der Waals surface area contributed by atoms with Crippen molar-refractivity contribution < 1.29 is 4.39 Å². The number of nitrogens with one attached hydrogen (secondary N) is 1. The second kappa shape index (κ2) is 6.52. The van der Waals surface area contributed by atoms with Gasteiger partial charge in [-0.25, -0.2) is 4.39 Å². The van der Waals surface area contributed by atoms with E-state index in [9.17, 15) is 4.39 Å². The molecule has 0 aliphatic carbocycles. The van der Waals surface area contributed by atoms with Gasteiger partial charge in [0.2, 0.25) is 0 Å². The van der Waals surface area contributed by atoms with E-state index in [0.29, 0.717) is 17.1 Å². The van der Waals surface area contributed by atoms with Gasteiger partial charge in [-0.05, 0) is 23.8 Å². The van der Waals surface area contributed by atoms with Gasteiger partial charge in [0.1, 0.15) is 5.82 Å². The van der Waals surface area contributed by atoms with Crippen LogP contribution in [0.5, 0.6) is 0 Å².